The molecule has 130 valence electrons. The second-order valence-electron chi connectivity index (χ2n) is 7.43. The van der Waals surface area contributed by atoms with Gasteiger partial charge in [0, 0.05) is 17.1 Å². The predicted octanol–water partition coefficient (Wildman–Crippen LogP) is 3.74. The average molecular weight is 353 g/mol. The fraction of sp³-hybridized carbons (Fsp3) is 0.300. The summed E-state index contributed by atoms with van der Waals surface area (Å²) in [6.45, 7) is 10.8. The van der Waals surface area contributed by atoms with Gasteiger partial charge in [0.25, 0.3) is 5.91 Å². The van der Waals surface area contributed by atoms with E-state index in [9.17, 15) is 4.79 Å². The van der Waals surface area contributed by atoms with Crippen LogP contribution < -0.4 is 10.6 Å². The van der Waals surface area contributed by atoms with Crippen molar-refractivity contribution >= 4 is 29.3 Å². The molecule has 0 atom stereocenters. The third-order valence-corrected chi connectivity index (χ3v) is 4.69. The number of hydrogen-bond acceptors (Lipinski definition) is 2. The van der Waals surface area contributed by atoms with E-state index in [1.165, 1.54) is 5.56 Å². The van der Waals surface area contributed by atoms with Crippen molar-refractivity contribution < 1.29 is 4.79 Å². The summed E-state index contributed by atoms with van der Waals surface area (Å²) in [5.74, 6) is -0.190. The lowest BCUT2D eigenvalue weighted by Crippen LogP contribution is -2.21. The maximum atomic E-state index is 11.9. The molecule has 0 spiro atoms. The van der Waals surface area contributed by atoms with Gasteiger partial charge >= 0.3 is 0 Å². The van der Waals surface area contributed by atoms with E-state index >= 15 is 0 Å². The predicted molar refractivity (Wildman–Crippen MR) is 106 cm³/mol. The highest BCUT2D eigenvalue weighted by Gasteiger charge is 2.21. The molecule has 2 aromatic rings. The van der Waals surface area contributed by atoms with Gasteiger partial charge in [-0.1, -0.05) is 32.9 Å². The van der Waals surface area contributed by atoms with Gasteiger partial charge in [0.1, 0.15) is 5.70 Å². The second kappa shape index (κ2) is 6.15. The maximum absolute atomic E-state index is 11.9. The molecule has 5 heteroatoms. The molecule has 0 saturated carbocycles. The largest absolute Gasteiger partial charge is 0.328 e. The Kier molecular flexibility index (Phi) is 4.29. The smallest absolute Gasteiger partial charge is 0.273 e. The van der Waals surface area contributed by atoms with E-state index in [-0.39, 0.29) is 11.3 Å². The summed E-state index contributed by atoms with van der Waals surface area (Å²) in [7, 11) is 0. The Labute approximate surface area is 153 Å². The van der Waals surface area contributed by atoms with Gasteiger partial charge in [-0.2, -0.15) is 0 Å². The van der Waals surface area contributed by atoms with E-state index in [0.29, 0.717) is 10.8 Å². The zero-order valence-corrected chi connectivity index (χ0v) is 16.0. The molecule has 0 aliphatic carbocycles. The maximum Gasteiger partial charge on any atom is 0.273 e. The van der Waals surface area contributed by atoms with Gasteiger partial charge in [-0.25, -0.2) is 0 Å². The molecule has 1 aromatic carbocycles. The third-order valence-electron chi connectivity index (χ3n) is 4.48. The fourth-order valence-corrected chi connectivity index (χ4v) is 3.28. The van der Waals surface area contributed by atoms with E-state index in [2.05, 4.69) is 80.2 Å². The Morgan fingerprint density at radius 3 is 2.24 bits per heavy atom. The molecule has 3 rings (SSSR count). The van der Waals surface area contributed by atoms with E-state index in [1.807, 2.05) is 6.08 Å². The average Bonchev–Trinajstić information content (AvgIpc) is 2.98. The van der Waals surface area contributed by atoms with Crippen LogP contribution >= 0.6 is 12.2 Å². The molecule has 1 aliphatic rings. The van der Waals surface area contributed by atoms with Gasteiger partial charge < -0.3 is 9.88 Å². The molecule has 1 amide bonds. The van der Waals surface area contributed by atoms with Crippen molar-refractivity contribution in [3.63, 3.8) is 0 Å². The molecule has 2 N–H and O–H groups in total. The first-order valence-corrected chi connectivity index (χ1v) is 8.71. The zero-order chi connectivity index (χ0) is 18.4. The summed E-state index contributed by atoms with van der Waals surface area (Å²) in [5, 5.41) is 5.83. The van der Waals surface area contributed by atoms with Gasteiger partial charge in [0.05, 0.1) is 0 Å². The summed E-state index contributed by atoms with van der Waals surface area (Å²) >= 11 is 4.98. The van der Waals surface area contributed by atoms with Gasteiger partial charge in [-0.05, 0) is 66.9 Å². The van der Waals surface area contributed by atoms with Crippen LogP contribution in [0.1, 0.15) is 43.3 Å². The number of aromatic nitrogens is 1. The minimum atomic E-state index is -0.190. The molecule has 1 aromatic heterocycles. The van der Waals surface area contributed by atoms with Crippen LogP contribution in [-0.2, 0) is 10.2 Å². The first-order chi connectivity index (χ1) is 11.7. The number of carbonyl (C=O) groups is 1. The third kappa shape index (κ3) is 3.37. The van der Waals surface area contributed by atoms with Crippen LogP contribution in [0, 0.1) is 13.8 Å². The highest BCUT2D eigenvalue weighted by atomic mass is 32.1. The molecule has 4 nitrogen and oxygen atoms in total. The van der Waals surface area contributed by atoms with Gasteiger partial charge in [0.15, 0.2) is 5.11 Å². The topological polar surface area (TPSA) is 46.1 Å². The number of rotatable bonds is 2. The van der Waals surface area contributed by atoms with Gasteiger partial charge in [0.2, 0.25) is 0 Å². The Balaban J connectivity index is 1.99. The minimum Gasteiger partial charge on any atom is -0.328 e. The van der Waals surface area contributed by atoms with Crippen molar-refractivity contribution in [3.8, 4) is 5.69 Å². The zero-order valence-electron chi connectivity index (χ0n) is 15.2. The number of nitrogens with one attached hydrogen (secondary N) is 2. The standard InChI is InChI=1S/C20H23N3OS/c1-12-10-14(11-17-18(24)22-19(25)21-17)13(2)23(12)16-8-6-15(7-9-16)20(3,4)5/h6-11H,1-5H3,(H2,21,22,24,25)/b17-11-. The molecule has 25 heavy (non-hydrogen) atoms. The molecule has 2 heterocycles. The molecule has 0 radical (unpaired) electrons. The van der Waals surface area contributed by atoms with Crippen molar-refractivity contribution in [2.24, 2.45) is 0 Å². The normalized spacial score (nSPS) is 16.3. The van der Waals surface area contributed by atoms with Gasteiger partial charge in [-0.15, -0.1) is 0 Å². The van der Waals surface area contributed by atoms with Crippen LogP contribution in [0.25, 0.3) is 11.8 Å². The molecule has 0 bridgehead atoms. The number of thiocarbonyl (C=S) groups is 1. The summed E-state index contributed by atoms with van der Waals surface area (Å²) in [4.78, 5) is 11.9. The molecular formula is C20H23N3OS. The number of nitrogens with zero attached hydrogens (tertiary/aromatic N) is 1. The van der Waals surface area contributed by atoms with Crippen molar-refractivity contribution in [2.45, 2.75) is 40.0 Å². The summed E-state index contributed by atoms with van der Waals surface area (Å²) in [6, 6.07) is 10.7. The van der Waals surface area contributed by atoms with Crippen molar-refractivity contribution in [1.82, 2.24) is 15.2 Å². The minimum absolute atomic E-state index is 0.134. The summed E-state index contributed by atoms with van der Waals surface area (Å²) in [6.07, 6.45) is 1.84. The van der Waals surface area contributed by atoms with Crippen LogP contribution in [0.15, 0.2) is 36.0 Å². The first kappa shape index (κ1) is 17.4. The number of benzene rings is 1. The molecule has 0 unspecified atom stereocenters. The number of hydrogen-bond donors (Lipinski definition) is 2. The van der Waals surface area contributed by atoms with Crippen molar-refractivity contribution in [1.29, 1.82) is 0 Å². The summed E-state index contributed by atoms with van der Waals surface area (Å²) in [5.41, 5.74) is 6.24. The van der Waals surface area contributed by atoms with Crippen LogP contribution in [0.2, 0.25) is 0 Å². The number of amides is 1. The summed E-state index contributed by atoms with van der Waals surface area (Å²) < 4.78 is 2.20. The molecular weight excluding hydrogens is 330 g/mol. The van der Waals surface area contributed by atoms with Crippen LogP contribution in [0.3, 0.4) is 0 Å². The fourth-order valence-electron chi connectivity index (χ4n) is 3.08. The van der Waals surface area contributed by atoms with E-state index in [4.69, 9.17) is 12.2 Å². The molecule has 1 saturated heterocycles. The Morgan fingerprint density at radius 1 is 1.08 bits per heavy atom. The Bertz CT molecular complexity index is 883. The first-order valence-electron chi connectivity index (χ1n) is 8.31. The number of aryl methyl sites for hydroxylation is 1. The van der Waals surface area contributed by atoms with Crippen LogP contribution in [-0.4, -0.2) is 15.6 Å². The molecule has 1 fully saturated rings. The lowest BCUT2D eigenvalue weighted by atomic mass is 9.87. The highest BCUT2D eigenvalue weighted by Crippen LogP contribution is 2.26. The second-order valence-corrected chi connectivity index (χ2v) is 7.83. The number of carbonyl (C=O) groups excluding carboxylic acids is 1. The van der Waals surface area contributed by atoms with E-state index in [1.54, 1.807) is 0 Å². The van der Waals surface area contributed by atoms with Crippen molar-refractivity contribution in [2.75, 3.05) is 0 Å². The van der Waals surface area contributed by atoms with E-state index in [0.717, 1.165) is 22.6 Å². The lowest BCUT2D eigenvalue weighted by Gasteiger charge is -2.20. The lowest BCUT2D eigenvalue weighted by molar-refractivity contribution is -0.115. The van der Waals surface area contributed by atoms with Crippen LogP contribution in [0.4, 0.5) is 0 Å². The van der Waals surface area contributed by atoms with Crippen LogP contribution in [0.5, 0.6) is 0 Å². The SMILES string of the molecule is Cc1cc(/C=C2\NC(=S)NC2=O)c(C)n1-c1ccc(C(C)(C)C)cc1. The highest BCUT2D eigenvalue weighted by molar-refractivity contribution is 7.80. The van der Waals surface area contributed by atoms with E-state index < -0.39 is 0 Å². The monoisotopic (exact) mass is 353 g/mol. The quantitative estimate of drug-likeness (QED) is 0.639. The molecule has 1 aliphatic heterocycles. The van der Waals surface area contributed by atoms with Crippen molar-refractivity contribution in [3.05, 3.63) is 58.5 Å². The Hall–Kier alpha value is -2.40. The van der Waals surface area contributed by atoms with Gasteiger partial charge in [-0.3, -0.25) is 10.1 Å². The Morgan fingerprint density at radius 2 is 1.72 bits per heavy atom.